The van der Waals surface area contributed by atoms with Crippen LogP contribution in [0.4, 0.5) is 5.82 Å². The van der Waals surface area contributed by atoms with Gasteiger partial charge < -0.3 is 10.3 Å². The number of rotatable bonds is 4. The quantitative estimate of drug-likeness (QED) is 0.800. The van der Waals surface area contributed by atoms with Gasteiger partial charge >= 0.3 is 0 Å². The lowest BCUT2D eigenvalue weighted by Gasteiger charge is -2.08. The monoisotopic (exact) mass is 284 g/mol. The van der Waals surface area contributed by atoms with Crippen molar-refractivity contribution >= 4 is 17.2 Å². The molecule has 4 nitrogen and oxygen atoms in total. The van der Waals surface area contributed by atoms with Crippen LogP contribution < -0.4 is 5.73 Å². The first-order valence-electron chi connectivity index (χ1n) is 6.55. The first-order valence-corrected chi connectivity index (χ1v) is 7.43. The predicted molar refractivity (Wildman–Crippen MR) is 82.7 cm³/mol. The minimum atomic E-state index is 0.534. The zero-order chi connectivity index (χ0) is 13.9. The SMILES string of the molecule is CCc1ccsc1Cn1cncc1-c1ccc(N)nc1. The van der Waals surface area contributed by atoms with Gasteiger partial charge in [-0.3, -0.25) is 0 Å². The van der Waals surface area contributed by atoms with Crippen molar-refractivity contribution < 1.29 is 0 Å². The fourth-order valence-corrected chi connectivity index (χ4v) is 3.19. The second-order valence-electron chi connectivity index (χ2n) is 4.60. The van der Waals surface area contributed by atoms with Gasteiger partial charge in [-0.15, -0.1) is 11.3 Å². The zero-order valence-electron chi connectivity index (χ0n) is 11.3. The molecule has 0 aromatic carbocycles. The summed E-state index contributed by atoms with van der Waals surface area (Å²) in [7, 11) is 0. The Morgan fingerprint density at radius 2 is 2.15 bits per heavy atom. The van der Waals surface area contributed by atoms with Crippen molar-refractivity contribution in [2.24, 2.45) is 0 Å². The molecule has 20 heavy (non-hydrogen) atoms. The van der Waals surface area contributed by atoms with Gasteiger partial charge in [0.2, 0.25) is 0 Å². The van der Waals surface area contributed by atoms with Crippen LogP contribution >= 0.6 is 11.3 Å². The number of thiophene rings is 1. The standard InChI is InChI=1S/C15H16N4S/c1-2-11-5-6-20-14(11)9-19-10-17-8-13(19)12-3-4-15(16)18-7-12/h3-8,10H,2,9H2,1H3,(H2,16,18). The molecule has 0 unspecified atom stereocenters. The van der Waals surface area contributed by atoms with Gasteiger partial charge in [0.25, 0.3) is 0 Å². The van der Waals surface area contributed by atoms with Crippen LogP contribution in [0.3, 0.4) is 0 Å². The fourth-order valence-electron chi connectivity index (χ4n) is 2.22. The summed E-state index contributed by atoms with van der Waals surface area (Å²) in [6.07, 6.45) is 6.58. The molecule has 102 valence electrons. The zero-order valence-corrected chi connectivity index (χ0v) is 12.1. The highest BCUT2D eigenvalue weighted by molar-refractivity contribution is 7.10. The first-order chi connectivity index (χ1) is 9.78. The number of nitrogens with two attached hydrogens (primary N) is 1. The number of aryl methyl sites for hydroxylation is 1. The van der Waals surface area contributed by atoms with E-state index in [0.717, 1.165) is 24.2 Å². The van der Waals surface area contributed by atoms with E-state index < -0.39 is 0 Å². The van der Waals surface area contributed by atoms with Gasteiger partial charge in [0.15, 0.2) is 0 Å². The third-order valence-corrected chi connectivity index (χ3v) is 4.27. The average molecular weight is 284 g/mol. The molecular formula is C15H16N4S. The lowest BCUT2D eigenvalue weighted by molar-refractivity contribution is 0.808. The molecule has 0 radical (unpaired) electrons. The molecule has 3 rings (SSSR count). The molecule has 0 aliphatic carbocycles. The lowest BCUT2D eigenvalue weighted by Crippen LogP contribution is -2.01. The average Bonchev–Trinajstić information content (AvgIpc) is 3.09. The molecule has 3 aromatic rings. The Bertz CT molecular complexity index is 697. The molecule has 0 aliphatic heterocycles. The minimum Gasteiger partial charge on any atom is -0.384 e. The summed E-state index contributed by atoms with van der Waals surface area (Å²) in [5.41, 5.74) is 9.14. The summed E-state index contributed by atoms with van der Waals surface area (Å²) in [5.74, 6) is 0.534. The van der Waals surface area contributed by atoms with Crippen LogP contribution in [0.25, 0.3) is 11.3 Å². The topological polar surface area (TPSA) is 56.7 Å². The van der Waals surface area contributed by atoms with Gasteiger partial charge in [-0.1, -0.05) is 6.92 Å². The molecule has 0 amide bonds. The van der Waals surface area contributed by atoms with Gasteiger partial charge in [-0.05, 0) is 35.6 Å². The van der Waals surface area contributed by atoms with Crippen LogP contribution in [0, 0.1) is 0 Å². The molecule has 0 atom stereocenters. The van der Waals surface area contributed by atoms with E-state index in [9.17, 15) is 0 Å². The molecule has 3 heterocycles. The molecule has 5 heteroatoms. The highest BCUT2D eigenvalue weighted by Crippen LogP contribution is 2.23. The fraction of sp³-hybridized carbons (Fsp3) is 0.200. The molecule has 3 aromatic heterocycles. The van der Waals surface area contributed by atoms with Crippen molar-refractivity contribution in [3.05, 3.63) is 52.7 Å². The Balaban J connectivity index is 1.92. The van der Waals surface area contributed by atoms with Crippen LogP contribution in [0.5, 0.6) is 0 Å². The van der Waals surface area contributed by atoms with E-state index in [4.69, 9.17) is 5.73 Å². The first kappa shape index (κ1) is 12.9. The predicted octanol–water partition coefficient (Wildman–Crippen LogP) is 3.20. The van der Waals surface area contributed by atoms with Gasteiger partial charge in [0.05, 0.1) is 24.8 Å². The van der Waals surface area contributed by atoms with Crippen LogP contribution in [-0.4, -0.2) is 14.5 Å². The smallest absolute Gasteiger partial charge is 0.123 e. The number of anilines is 1. The number of nitrogens with zero attached hydrogens (tertiary/aromatic N) is 3. The number of hydrogen-bond donors (Lipinski definition) is 1. The van der Waals surface area contributed by atoms with E-state index in [-0.39, 0.29) is 0 Å². The summed E-state index contributed by atoms with van der Waals surface area (Å²) >= 11 is 1.79. The summed E-state index contributed by atoms with van der Waals surface area (Å²) < 4.78 is 2.15. The summed E-state index contributed by atoms with van der Waals surface area (Å²) in [6.45, 7) is 3.03. The van der Waals surface area contributed by atoms with Crippen molar-refractivity contribution in [2.45, 2.75) is 19.9 Å². The van der Waals surface area contributed by atoms with E-state index in [0.29, 0.717) is 5.82 Å². The third kappa shape index (κ3) is 2.44. The number of nitrogen functional groups attached to an aromatic ring is 1. The Hall–Kier alpha value is -2.14. The lowest BCUT2D eigenvalue weighted by atomic mass is 10.2. The van der Waals surface area contributed by atoms with Gasteiger partial charge in [0.1, 0.15) is 5.82 Å². The van der Waals surface area contributed by atoms with Gasteiger partial charge in [0, 0.05) is 16.6 Å². The third-order valence-electron chi connectivity index (χ3n) is 3.33. The van der Waals surface area contributed by atoms with Crippen LogP contribution in [0.1, 0.15) is 17.4 Å². The largest absolute Gasteiger partial charge is 0.384 e. The molecular weight excluding hydrogens is 268 g/mol. The maximum absolute atomic E-state index is 5.63. The number of pyridine rings is 1. The van der Waals surface area contributed by atoms with Crippen molar-refractivity contribution in [3.8, 4) is 11.3 Å². The second kappa shape index (κ2) is 5.46. The molecule has 0 fully saturated rings. The second-order valence-corrected chi connectivity index (χ2v) is 5.60. The van der Waals surface area contributed by atoms with Crippen molar-refractivity contribution in [3.63, 3.8) is 0 Å². The Morgan fingerprint density at radius 1 is 1.25 bits per heavy atom. The molecule has 0 bridgehead atoms. The van der Waals surface area contributed by atoms with Crippen LogP contribution in [-0.2, 0) is 13.0 Å². The summed E-state index contributed by atoms with van der Waals surface area (Å²) in [4.78, 5) is 9.80. The molecule has 2 N–H and O–H groups in total. The Morgan fingerprint density at radius 3 is 2.90 bits per heavy atom. The number of imidazole rings is 1. The number of hydrogen-bond acceptors (Lipinski definition) is 4. The van der Waals surface area contributed by atoms with E-state index in [2.05, 4.69) is 32.9 Å². The maximum Gasteiger partial charge on any atom is 0.123 e. The Labute approximate surface area is 121 Å². The van der Waals surface area contributed by atoms with Crippen molar-refractivity contribution in [1.82, 2.24) is 14.5 Å². The van der Waals surface area contributed by atoms with E-state index in [1.807, 2.05) is 24.7 Å². The van der Waals surface area contributed by atoms with Crippen molar-refractivity contribution in [2.75, 3.05) is 5.73 Å². The highest BCUT2D eigenvalue weighted by Gasteiger charge is 2.09. The minimum absolute atomic E-state index is 0.534. The molecule has 0 spiro atoms. The summed E-state index contributed by atoms with van der Waals surface area (Å²) in [6, 6.07) is 5.99. The molecule has 0 saturated heterocycles. The van der Waals surface area contributed by atoms with Crippen LogP contribution in [0.2, 0.25) is 0 Å². The summed E-state index contributed by atoms with van der Waals surface area (Å²) in [5, 5.41) is 2.15. The van der Waals surface area contributed by atoms with Gasteiger partial charge in [-0.2, -0.15) is 0 Å². The van der Waals surface area contributed by atoms with Gasteiger partial charge in [-0.25, -0.2) is 9.97 Å². The maximum atomic E-state index is 5.63. The van der Waals surface area contributed by atoms with E-state index >= 15 is 0 Å². The van der Waals surface area contributed by atoms with E-state index in [1.165, 1.54) is 10.4 Å². The molecule has 0 saturated carbocycles. The Kier molecular flexibility index (Phi) is 3.52. The molecule has 0 aliphatic rings. The number of aromatic nitrogens is 3. The van der Waals surface area contributed by atoms with E-state index in [1.54, 1.807) is 17.5 Å². The van der Waals surface area contributed by atoms with Crippen LogP contribution in [0.15, 0.2) is 42.3 Å². The normalized spacial score (nSPS) is 10.8. The van der Waals surface area contributed by atoms with Crippen molar-refractivity contribution in [1.29, 1.82) is 0 Å². The highest BCUT2D eigenvalue weighted by atomic mass is 32.1.